The lowest BCUT2D eigenvalue weighted by atomic mass is 10.3. The third-order valence-corrected chi connectivity index (χ3v) is 3.15. The van der Waals surface area contributed by atoms with Gasteiger partial charge in [-0.2, -0.15) is 0 Å². The lowest BCUT2D eigenvalue weighted by Gasteiger charge is -2.10. The van der Waals surface area contributed by atoms with E-state index in [0.717, 1.165) is 42.3 Å². The Balaban J connectivity index is 0.00000220. The van der Waals surface area contributed by atoms with Crippen LogP contribution < -0.4 is 10.6 Å². The molecule has 0 aliphatic carbocycles. The SMILES string of the molecule is CCCNC(=NCc1nc2ccccc2n1C)NCC.I. The van der Waals surface area contributed by atoms with Crippen molar-refractivity contribution < 1.29 is 0 Å². The van der Waals surface area contributed by atoms with Crippen LogP contribution in [0.2, 0.25) is 0 Å². The van der Waals surface area contributed by atoms with E-state index in [4.69, 9.17) is 0 Å². The van der Waals surface area contributed by atoms with E-state index in [1.807, 2.05) is 25.2 Å². The van der Waals surface area contributed by atoms with E-state index in [9.17, 15) is 0 Å². The number of hydrogen-bond acceptors (Lipinski definition) is 2. The van der Waals surface area contributed by atoms with Crippen molar-refractivity contribution in [3.63, 3.8) is 0 Å². The molecule has 0 bridgehead atoms. The van der Waals surface area contributed by atoms with Crippen LogP contribution in [0.4, 0.5) is 0 Å². The number of halogens is 1. The molecule has 2 N–H and O–H groups in total. The number of nitrogens with one attached hydrogen (secondary N) is 2. The molecular weight excluding hydrogens is 377 g/mol. The van der Waals surface area contributed by atoms with Crippen molar-refractivity contribution in [2.45, 2.75) is 26.8 Å². The summed E-state index contributed by atoms with van der Waals surface area (Å²) in [6.45, 7) is 6.57. The third-order valence-electron chi connectivity index (χ3n) is 3.15. The van der Waals surface area contributed by atoms with Crippen molar-refractivity contribution in [3.8, 4) is 0 Å². The number of rotatable bonds is 5. The molecule has 0 fully saturated rings. The summed E-state index contributed by atoms with van der Waals surface area (Å²) in [5.41, 5.74) is 2.16. The topological polar surface area (TPSA) is 54.2 Å². The lowest BCUT2D eigenvalue weighted by molar-refractivity contribution is 0.765. The third kappa shape index (κ3) is 4.59. The summed E-state index contributed by atoms with van der Waals surface area (Å²) >= 11 is 0. The Bertz CT molecular complexity index is 591. The van der Waals surface area contributed by atoms with Gasteiger partial charge in [-0.3, -0.25) is 0 Å². The number of guanidine groups is 1. The number of benzene rings is 1. The number of aryl methyl sites for hydroxylation is 1. The smallest absolute Gasteiger partial charge is 0.191 e. The molecule has 2 rings (SSSR count). The molecule has 0 radical (unpaired) electrons. The van der Waals surface area contributed by atoms with Gasteiger partial charge in [0.2, 0.25) is 0 Å². The lowest BCUT2D eigenvalue weighted by Crippen LogP contribution is -2.37. The molecule has 0 spiro atoms. The van der Waals surface area contributed by atoms with Crippen LogP contribution in [0.5, 0.6) is 0 Å². The zero-order valence-electron chi connectivity index (χ0n) is 12.9. The molecule has 2 aromatic rings. The van der Waals surface area contributed by atoms with Crippen LogP contribution in [-0.4, -0.2) is 28.6 Å². The van der Waals surface area contributed by atoms with Crippen molar-refractivity contribution in [2.75, 3.05) is 13.1 Å². The average Bonchev–Trinajstić information content (AvgIpc) is 2.79. The molecule has 0 saturated carbocycles. The summed E-state index contributed by atoms with van der Waals surface area (Å²) in [7, 11) is 2.03. The van der Waals surface area contributed by atoms with Gasteiger partial charge < -0.3 is 15.2 Å². The van der Waals surface area contributed by atoms with Gasteiger partial charge in [-0.05, 0) is 25.5 Å². The standard InChI is InChI=1S/C15H23N5.HI/c1-4-10-17-15(16-5-2)18-11-14-19-12-8-6-7-9-13(12)20(14)3;/h6-9H,4-5,10-11H2,1-3H3,(H2,16,17,18);1H. The van der Waals surface area contributed by atoms with E-state index in [-0.39, 0.29) is 24.0 Å². The molecule has 21 heavy (non-hydrogen) atoms. The van der Waals surface area contributed by atoms with Crippen LogP contribution in [-0.2, 0) is 13.6 Å². The first-order valence-electron chi connectivity index (χ1n) is 7.18. The fourth-order valence-electron chi connectivity index (χ4n) is 2.07. The molecule has 1 aromatic carbocycles. The highest BCUT2D eigenvalue weighted by Crippen LogP contribution is 2.14. The predicted octanol–water partition coefficient (Wildman–Crippen LogP) is 2.66. The van der Waals surface area contributed by atoms with Crippen molar-refractivity contribution in [3.05, 3.63) is 30.1 Å². The summed E-state index contributed by atoms with van der Waals surface area (Å²) in [5.74, 6) is 1.82. The fourth-order valence-corrected chi connectivity index (χ4v) is 2.07. The summed E-state index contributed by atoms with van der Waals surface area (Å²) in [4.78, 5) is 9.21. The normalized spacial score (nSPS) is 11.3. The van der Waals surface area contributed by atoms with Gasteiger partial charge in [0.15, 0.2) is 5.96 Å². The van der Waals surface area contributed by atoms with Crippen LogP contribution in [0.1, 0.15) is 26.1 Å². The van der Waals surface area contributed by atoms with Gasteiger partial charge in [-0.15, -0.1) is 24.0 Å². The molecule has 0 atom stereocenters. The van der Waals surface area contributed by atoms with Crippen LogP contribution >= 0.6 is 24.0 Å². The summed E-state index contributed by atoms with van der Waals surface area (Å²) < 4.78 is 2.10. The van der Waals surface area contributed by atoms with Gasteiger partial charge in [-0.1, -0.05) is 19.1 Å². The maximum atomic E-state index is 4.62. The van der Waals surface area contributed by atoms with Crippen molar-refractivity contribution in [1.29, 1.82) is 0 Å². The maximum Gasteiger partial charge on any atom is 0.191 e. The minimum atomic E-state index is 0. The molecular formula is C15H24IN5. The van der Waals surface area contributed by atoms with Gasteiger partial charge >= 0.3 is 0 Å². The second-order valence-electron chi connectivity index (χ2n) is 4.70. The Morgan fingerprint density at radius 2 is 2.00 bits per heavy atom. The van der Waals surface area contributed by atoms with E-state index >= 15 is 0 Å². The molecule has 1 heterocycles. The molecule has 0 unspecified atom stereocenters. The molecule has 116 valence electrons. The van der Waals surface area contributed by atoms with Gasteiger partial charge in [-0.25, -0.2) is 9.98 Å². The number of fused-ring (bicyclic) bond motifs is 1. The van der Waals surface area contributed by atoms with E-state index in [1.54, 1.807) is 0 Å². The summed E-state index contributed by atoms with van der Waals surface area (Å²) in [6.07, 6.45) is 1.08. The van der Waals surface area contributed by atoms with E-state index in [1.165, 1.54) is 0 Å². The zero-order valence-corrected chi connectivity index (χ0v) is 15.2. The highest BCUT2D eigenvalue weighted by Gasteiger charge is 2.06. The van der Waals surface area contributed by atoms with E-state index in [0.29, 0.717) is 6.54 Å². The van der Waals surface area contributed by atoms with Gasteiger partial charge in [0.1, 0.15) is 12.4 Å². The van der Waals surface area contributed by atoms with Crippen molar-refractivity contribution in [1.82, 2.24) is 20.2 Å². The Kier molecular flexibility index (Phi) is 7.49. The molecule has 1 aromatic heterocycles. The predicted molar refractivity (Wildman–Crippen MR) is 99.2 cm³/mol. The number of hydrogen-bond donors (Lipinski definition) is 2. The Morgan fingerprint density at radius 3 is 2.67 bits per heavy atom. The van der Waals surface area contributed by atoms with E-state index < -0.39 is 0 Å². The van der Waals surface area contributed by atoms with Gasteiger partial charge in [0, 0.05) is 20.1 Å². The fraction of sp³-hybridized carbons (Fsp3) is 0.467. The molecule has 6 heteroatoms. The number of aliphatic imine (C=N–C) groups is 1. The largest absolute Gasteiger partial charge is 0.357 e. The minimum Gasteiger partial charge on any atom is -0.357 e. The Morgan fingerprint density at radius 1 is 1.24 bits per heavy atom. The van der Waals surface area contributed by atoms with E-state index in [2.05, 4.69) is 45.1 Å². The van der Waals surface area contributed by atoms with Crippen LogP contribution in [0.15, 0.2) is 29.3 Å². The zero-order chi connectivity index (χ0) is 14.4. The molecule has 0 aliphatic rings. The van der Waals surface area contributed by atoms with Gasteiger partial charge in [0.25, 0.3) is 0 Å². The first-order valence-corrected chi connectivity index (χ1v) is 7.18. The summed E-state index contributed by atoms with van der Waals surface area (Å²) in [5, 5.41) is 6.54. The molecule has 0 saturated heterocycles. The second-order valence-corrected chi connectivity index (χ2v) is 4.70. The van der Waals surface area contributed by atoms with Crippen molar-refractivity contribution >= 4 is 41.0 Å². The van der Waals surface area contributed by atoms with Crippen molar-refractivity contribution in [2.24, 2.45) is 12.0 Å². The average molecular weight is 401 g/mol. The highest BCUT2D eigenvalue weighted by molar-refractivity contribution is 14.0. The van der Waals surface area contributed by atoms with Crippen LogP contribution in [0.3, 0.4) is 0 Å². The minimum absolute atomic E-state index is 0. The number of nitrogens with zero attached hydrogens (tertiary/aromatic N) is 3. The quantitative estimate of drug-likeness (QED) is 0.460. The highest BCUT2D eigenvalue weighted by atomic mass is 127. The first kappa shape index (κ1) is 17.7. The second kappa shape index (κ2) is 8.86. The summed E-state index contributed by atoms with van der Waals surface area (Å²) in [6, 6.07) is 8.15. The molecule has 0 aliphatic heterocycles. The van der Waals surface area contributed by atoms with Gasteiger partial charge in [0.05, 0.1) is 11.0 Å². The Hall–Kier alpha value is -1.31. The number of para-hydroxylation sites is 2. The first-order chi connectivity index (χ1) is 9.76. The number of imidazole rings is 1. The van der Waals surface area contributed by atoms with Crippen LogP contribution in [0, 0.1) is 0 Å². The molecule has 5 nitrogen and oxygen atoms in total. The monoisotopic (exact) mass is 401 g/mol. The van der Waals surface area contributed by atoms with Crippen LogP contribution in [0.25, 0.3) is 11.0 Å². The molecule has 0 amide bonds. The number of aromatic nitrogens is 2. The Labute approximate surface area is 143 Å². The maximum absolute atomic E-state index is 4.62.